The van der Waals surface area contributed by atoms with Crippen molar-refractivity contribution in [3.8, 4) is 0 Å². The molecule has 0 bridgehead atoms. The molecule has 64 valence electrons. The SMILES string of the molecule is CN1CCCCC2(CC1)CN2. The summed E-state index contributed by atoms with van der Waals surface area (Å²) >= 11 is 0. The van der Waals surface area contributed by atoms with Crippen LogP contribution in [0.15, 0.2) is 0 Å². The van der Waals surface area contributed by atoms with E-state index in [9.17, 15) is 0 Å². The normalized spacial score (nSPS) is 40.1. The predicted octanol–water partition coefficient (Wildman–Crippen LogP) is 0.834. The third-order valence-corrected chi connectivity index (χ3v) is 3.09. The lowest BCUT2D eigenvalue weighted by molar-refractivity contribution is 0.275. The highest BCUT2D eigenvalue weighted by Gasteiger charge is 2.41. The first kappa shape index (κ1) is 7.56. The van der Waals surface area contributed by atoms with E-state index < -0.39 is 0 Å². The van der Waals surface area contributed by atoms with E-state index in [1.54, 1.807) is 0 Å². The van der Waals surface area contributed by atoms with Crippen molar-refractivity contribution in [1.82, 2.24) is 10.2 Å². The Bertz CT molecular complexity index is 140. The Morgan fingerprint density at radius 2 is 2.00 bits per heavy atom. The molecule has 0 radical (unpaired) electrons. The fourth-order valence-corrected chi connectivity index (χ4v) is 1.97. The van der Waals surface area contributed by atoms with Gasteiger partial charge < -0.3 is 10.2 Å². The van der Waals surface area contributed by atoms with E-state index in [4.69, 9.17) is 0 Å². The van der Waals surface area contributed by atoms with Crippen molar-refractivity contribution in [2.75, 3.05) is 26.7 Å². The van der Waals surface area contributed by atoms with E-state index >= 15 is 0 Å². The summed E-state index contributed by atoms with van der Waals surface area (Å²) in [6, 6.07) is 0. The van der Waals surface area contributed by atoms with Crippen molar-refractivity contribution < 1.29 is 0 Å². The van der Waals surface area contributed by atoms with E-state index in [0.29, 0.717) is 5.54 Å². The maximum Gasteiger partial charge on any atom is 0.0319 e. The second-order valence-corrected chi connectivity index (χ2v) is 4.14. The quantitative estimate of drug-likeness (QED) is 0.523. The minimum Gasteiger partial charge on any atom is -0.308 e. The van der Waals surface area contributed by atoms with Gasteiger partial charge in [0.25, 0.3) is 0 Å². The molecule has 11 heavy (non-hydrogen) atoms. The zero-order valence-corrected chi connectivity index (χ0v) is 7.40. The highest BCUT2D eigenvalue weighted by molar-refractivity contribution is 5.04. The van der Waals surface area contributed by atoms with Crippen molar-refractivity contribution in [3.05, 3.63) is 0 Å². The molecule has 2 heterocycles. The highest BCUT2D eigenvalue weighted by atomic mass is 15.2. The molecule has 0 aromatic carbocycles. The van der Waals surface area contributed by atoms with E-state index in [0.717, 1.165) is 0 Å². The Balaban J connectivity index is 1.87. The van der Waals surface area contributed by atoms with Gasteiger partial charge in [-0.25, -0.2) is 0 Å². The molecular weight excluding hydrogens is 136 g/mol. The summed E-state index contributed by atoms with van der Waals surface area (Å²) in [7, 11) is 2.24. The zero-order valence-electron chi connectivity index (χ0n) is 7.40. The summed E-state index contributed by atoms with van der Waals surface area (Å²) in [5.74, 6) is 0. The summed E-state index contributed by atoms with van der Waals surface area (Å²) in [5.41, 5.74) is 0.592. The van der Waals surface area contributed by atoms with Crippen LogP contribution in [0.5, 0.6) is 0 Å². The van der Waals surface area contributed by atoms with Gasteiger partial charge in [-0.2, -0.15) is 0 Å². The molecule has 2 aliphatic heterocycles. The summed E-state index contributed by atoms with van der Waals surface area (Å²) in [5, 5.41) is 3.51. The Hall–Kier alpha value is -0.0800. The van der Waals surface area contributed by atoms with E-state index in [1.165, 1.54) is 45.3 Å². The molecule has 2 fully saturated rings. The van der Waals surface area contributed by atoms with Gasteiger partial charge in [-0.1, -0.05) is 6.42 Å². The monoisotopic (exact) mass is 154 g/mol. The average Bonchev–Trinajstić information content (AvgIpc) is 2.73. The molecule has 2 nitrogen and oxygen atoms in total. The van der Waals surface area contributed by atoms with Crippen LogP contribution in [0, 0.1) is 0 Å². The fourth-order valence-electron chi connectivity index (χ4n) is 1.97. The van der Waals surface area contributed by atoms with Gasteiger partial charge in [0.15, 0.2) is 0 Å². The number of hydrogen-bond donors (Lipinski definition) is 1. The van der Waals surface area contributed by atoms with Crippen LogP contribution in [0.25, 0.3) is 0 Å². The zero-order chi connectivity index (χ0) is 7.73. The van der Waals surface area contributed by atoms with Crippen LogP contribution < -0.4 is 5.32 Å². The van der Waals surface area contributed by atoms with Gasteiger partial charge in [0.2, 0.25) is 0 Å². The lowest BCUT2D eigenvalue weighted by atomic mass is 9.96. The molecule has 1 spiro atoms. The third kappa shape index (κ3) is 1.74. The van der Waals surface area contributed by atoms with Crippen molar-refractivity contribution in [3.63, 3.8) is 0 Å². The summed E-state index contributed by atoms with van der Waals surface area (Å²) in [6.45, 7) is 3.86. The van der Waals surface area contributed by atoms with Crippen LogP contribution in [-0.2, 0) is 0 Å². The molecule has 0 aromatic rings. The van der Waals surface area contributed by atoms with Crippen LogP contribution in [0.4, 0.5) is 0 Å². The lowest BCUT2D eigenvalue weighted by Gasteiger charge is -2.23. The summed E-state index contributed by atoms with van der Waals surface area (Å²) in [4.78, 5) is 2.46. The van der Waals surface area contributed by atoms with Crippen molar-refractivity contribution in [1.29, 1.82) is 0 Å². The molecule has 0 amide bonds. The van der Waals surface area contributed by atoms with Crippen LogP contribution >= 0.6 is 0 Å². The standard InChI is InChI=1S/C9H18N2/c1-11-6-3-2-4-9(5-7-11)8-10-9/h10H,2-8H2,1H3. The fraction of sp³-hybridized carbons (Fsp3) is 1.00. The third-order valence-electron chi connectivity index (χ3n) is 3.09. The van der Waals surface area contributed by atoms with Gasteiger partial charge in [0.1, 0.15) is 0 Å². The van der Waals surface area contributed by atoms with Crippen molar-refractivity contribution in [2.45, 2.75) is 31.2 Å². The number of nitrogens with one attached hydrogen (secondary N) is 1. The molecule has 0 aliphatic carbocycles. The molecule has 1 N–H and O–H groups in total. The smallest absolute Gasteiger partial charge is 0.0319 e. The number of nitrogens with zero attached hydrogens (tertiary/aromatic N) is 1. The minimum atomic E-state index is 0.592. The van der Waals surface area contributed by atoms with Crippen LogP contribution in [-0.4, -0.2) is 37.1 Å². The molecule has 1 atom stereocenters. The maximum atomic E-state index is 3.51. The highest BCUT2D eigenvalue weighted by Crippen LogP contribution is 2.29. The first-order valence-corrected chi connectivity index (χ1v) is 4.74. The second-order valence-electron chi connectivity index (χ2n) is 4.14. The number of likely N-dealkylation sites (tertiary alicyclic amines) is 1. The molecule has 0 aromatic heterocycles. The van der Waals surface area contributed by atoms with Gasteiger partial charge in [0.05, 0.1) is 0 Å². The van der Waals surface area contributed by atoms with Gasteiger partial charge in [-0.05, 0) is 39.4 Å². The Kier molecular flexibility index (Phi) is 1.90. The van der Waals surface area contributed by atoms with Crippen LogP contribution in [0.2, 0.25) is 0 Å². The van der Waals surface area contributed by atoms with Gasteiger partial charge in [-0.15, -0.1) is 0 Å². The minimum absolute atomic E-state index is 0.592. The van der Waals surface area contributed by atoms with Gasteiger partial charge in [0, 0.05) is 12.1 Å². The summed E-state index contributed by atoms with van der Waals surface area (Å²) in [6.07, 6.45) is 5.58. The number of rotatable bonds is 0. The largest absolute Gasteiger partial charge is 0.308 e. The maximum absolute atomic E-state index is 3.51. The van der Waals surface area contributed by atoms with E-state index in [-0.39, 0.29) is 0 Å². The molecule has 2 heteroatoms. The van der Waals surface area contributed by atoms with Crippen LogP contribution in [0.1, 0.15) is 25.7 Å². The Morgan fingerprint density at radius 1 is 1.18 bits per heavy atom. The second kappa shape index (κ2) is 2.76. The number of hydrogen-bond acceptors (Lipinski definition) is 2. The molecule has 0 saturated carbocycles. The molecule has 2 saturated heterocycles. The molecule has 2 rings (SSSR count). The molecule has 1 unspecified atom stereocenters. The first-order valence-electron chi connectivity index (χ1n) is 4.74. The lowest BCUT2D eigenvalue weighted by Crippen LogP contribution is -2.30. The Labute approximate surface area is 69.0 Å². The van der Waals surface area contributed by atoms with E-state index in [1.807, 2.05) is 0 Å². The first-order chi connectivity index (χ1) is 5.31. The molecular formula is C9H18N2. The van der Waals surface area contributed by atoms with Crippen molar-refractivity contribution in [2.24, 2.45) is 0 Å². The van der Waals surface area contributed by atoms with Gasteiger partial charge >= 0.3 is 0 Å². The summed E-state index contributed by atoms with van der Waals surface area (Å²) < 4.78 is 0. The topological polar surface area (TPSA) is 25.2 Å². The predicted molar refractivity (Wildman–Crippen MR) is 46.7 cm³/mol. The molecule has 2 aliphatic rings. The van der Waals surface area contributed by atoms with Crippen molar-refractivity contribution >= 4 is 0 Å². The average molecular weight is 154 g/mol. The van der Waals surface area contributed by atoms with Crippen LogP contribution in [0.3, 0.4) is 0 Å². The van der Waals surface area contributed by atoms with E-state index in [2.05, 4.69) is 17.3 Å². The van der Waals surface area contributed by atoms with Gasteiger partial charge in [-0.3, -0.25) is 0 Å². The Morgan fingerprint density at radius 3 is 2.73 bits per heavy atom.